The van der Waals surface area contributed by atoms with Crippen LogP contribution in [0.15, 0.2) is 115 Å². The molecule has 0 fully saturated rings. The van der Waals surface area contributed by atoms with Gasteiger partial charge in [-0.3, -0.25) is 0 Å². The highest BCUT2D eigenvalue weighted by Crippen LogP contribution is 2.46. The highest BCUT2D eigenvalue weighted by atomic mass is 15.3. The maximum atomic E-state index is 2.44. The van der Waals surface area contributed by atoms with Gasteiger partial charge < -0.3 is 0 Å². The summed E-state index contributed by atoms with van der Waals surface area (Å²) in [6.07, 6.45) is 0. The van der Waals surface area contributed by atoms with Crippen molar-refractivity contribution >= 4 is 11.5 Å². The second-order valence-corrected chi connectivity index (χ2v) is 7.77. The zero-order chi connectivity index (χ0) is 20.6. The molecule has 0 unspecified atom stereocenters. The Labute approximate surface area is 178 Å². The second kappa shape index (κ2) is 7.31. The van der Waals surface area contributed by atoms with Crippen molar-refractivity contribution in [2.75, 3.05) is 19.0 Å². The summed E-state index contributed by atoms with van der Waals surface area (Å²) in [6.45, 7) is 0. The third-order valence-corrected chi connectivity index (χ3v) is 6.21. The Morgan fingerprint density at radius 3 is 1.63 bits per heavy atom. The molecule has 4 aromatic carbocycles. The van der Waals surface area contributed by atoms with Crippen molar-refractivity contribution in [1.29, 1.82) is 0 Å². The molecule has 1 heterocycles. The minimum atomic E-state index is -0.434. The summed E-state index contributed by atoms with van der Waals surface area (Å²) >= 11 is 0. The molecular formula is C28H25N2+. The minimum absolute atomic E-state index is 0.434. The fourth-order valence-electron chi connectivity index (χ4n) is 4.95. The number of rotatable bonds is 3. The van der Waals surface area contributed by atoms with Gasteiger partial charge in [0, 0.05) is 11.1 Å². The molecule has 2 nitrogen and oxygen atoms in total. The van der Waals surface area contributed by atoms with E-state index >= 15 is 0 Å². The van der Waals surface area contributed by atoms with Gasteiger partial charge in [-0.05, 0) is 24.3 Å². The lowest BCUT2D eigenvalue weighted by molar-refractivity contribution is -0.570. The third kappa shape index (κ3) is 2.61. The van der Waals surface area contributed by atoms with Crippen LogP contribution >= 0.6 is 0 Å². The van der Waals surface area contributed by atoms with Crippen LogP contribution in [-0.4, -0.2) is 24.5 Å². The van der Waals surface area contributed by atoms with Gasteiger partial charge >= 0.3 is 0 Å². The standard InChI is InChI=1S/C28H25N2/c1-29-26-21-13-12-20-25(26)28(23-16-8-4-9-17-23,24-18-10-5-11-19-24)30(2)27(29)22-14-6-3-7-15-22/h3-21H,1-2H3/q+1. The first-order chi connectivity index (χ1) is 14.7. The molecule has 146 valence electrons. The molecule has 5 rings (SSSR count). The minimum Gasteiger partial charge on any atom is -0.246 e. The fourth-order valence-corrected chi connectivity index (χ4v) is 4.95. The fraction of sp³-hybridized carbons (Fsp3) is 0.107. The lowest BCUT2D eigenvalue weighted by Crippen LogP contribution is -2.52. The topological polar surface area (TPSA) is 6.25 Å². The Morgan fingerprint density at radius 2 is 1.07 bits per heavy atom. The molecule has 1 aliphatic rings. The predicted octanol–water partition coefficient (Wildman–Crippen LogP) is 5.52. The number of hydrogen-bond donors (Lipinski definition) is 0. The van der Waals surface area contributed by atoms with E-state index in [0.717, 1.165) is 0 Å². The quantitative estimate of drug-likeness (QED) is 0.418. The Kier molecular flexibility index (Phi) is 4.48. The third-order valence-electron chi connectivity index (χ3n) is 6.21. The molecule has 0 saturated carbocycles. The number of fused-ring (bicyclic) bond motifs is 1. The zero-order valence-electron chi connectivity index (χ0n) is 17.4. The molecule has 0 radical (unpaired) electrons. The van der Waals surface area contributed by atoms with Crippen molar-refractivity contribution in [2.24, 2.45) is 0 Å². The van der Waals surface area contributed by atoms with Gasteiger partial charge in [0.2, 0.25) is 0 Å². The Balaban J connectivity index is 1.96. The largest absolute Gasteiger partial charge is 0.285 e. The molecule has 0 bridgehead atoms. The van der Waals surface area contributed by atoms with E-state index in [4.69, 9.17) is 0 Å². The molecule has 0 N–H and O–H groups in total. The maximum absolute atomic E-state index is 2.44. The highest BCUT2D eigenvalue weighted by molar-refractivity contribution is 6.08. The molecular weight excluding hydrogens is 364 g/mol. The van der Waals surface area contributed by atoms with E-state index < -0.39 is 5.54 Å². The average molecular weight is 390 g/mol. The van der Waals surface area contributed by atoms with Crippen molar-refractivity contribution in [2.45, 2.75) is 5.54 Å². The molecule has 0 saturated heterocycles. The summed E-state index contributed by atoms with van der Waals surface area (Å²) < 4.78 is 2.44. The van der Waals surface area contributed by atoms with E-state index in [0.29, 0.717) is 0 Å². The van der Waals surface area contributed by atoms with Gasteiger partial charge in [0.15, 0.2) is 5.54 Å². The van der Waals surface area contributed by atoms with Crippen molar-refractivity contribution in [3.63, 3.8) is 0 Å². The van der Waals surface area contributed by atoms with Gasteiger partial charge in [-0.1, -0.05) is 91.0 Å². The Hall–Kier alpha value is -3.65. The van der Waals surface area contributed by atoms with Gasteiger partial charge in [-0.25, -0.2) is 9.48 Å². The number of benzene rings is 4. The summed E-state index contributed by atoms with van der Waals surface area (Å²) in [5.74, 6) is 1.18. The number of amidine groups is 1. The normalized spacial score (nSPS) is 15.1. The van der Waals surface area contributed by atoms with Gasteiger partial charge in [0.25, 0.3) is 5.84 Å². The molecule has 2 heteroatoms. The van der Waals surface area contributed by atoms with Crippen LogP contribution in [0.2, 0.25) is 0 Å². The Morgan fingerprint density at radius 1 is 0.600 bits per heavy atom. The molecule has 1 aliphatic heterocycles. The highest BCUT2D eigenvalue weighted by Gasteiger charge is 2.50. The van der Waals surface area contributed by atoms with Crippen LogP contribution in [0.1, 0.15) is 22.3 Å². The molecule has 0 aliphatic carbocycles. The van der Waals surface area contributed by atoms with Crippen molar-refractivity contribution in [1.82, 2.24) is 0 Å². The first-order valence-electron chi connectivity index (χ1n) is 10.3. The summed E-state index contributed by atoms with van der Waals surface area (Å²) in [5, 5.41) is 0. The van der Waals surface area contributed by atoms with Crippen molar-refractivity contribution in [3.8, 4) is 0 Å². The molecule has 4 aromatic rings. The molecule has 0 spiro atoms. The van der Waals surface area contributed by atoms with E-state index in [9.17, 15) is 0 Å². The van der Waals surface area contributed by atoms with Crippen LogP contribution in [-0.2, 0) is 5.54 Å². The molecule has 0 aromatic heterocycles. The van der Waals surface area contributed by atoms with Gasteiger partial charge in [-0.2, -0.15) is 0 Å². The van der Waals surface area contributed by atoms with Crippen LogP contribution in [0.3, 0.4) is 0 Å². The molecule has 0 amide bonds. The average Bonchev–Trinajstić information content (AvgIpc) is 2.82. The van der Waals surface area contributed by atoms with Crippen molar-refractivity contribution < 1.29 is 4.58 Å². The predicted molar refractivity (Wildman–Crippen MR) is 124 cm³/mol. The number of hydrogen-bond acceptors (Lipinski definition) is 1. The maximum Gasteiger partial charge on any atom is 0.285 e. The van der Waals surface area contributed by atoms with Crippen LogP contribution in [0, 0.1) is 0 Å². The lowest BCUT2D eigenvalue weighted by Gasteiger charge is -2.41. The van der Waals surface area contributed by atoms with Crippen molar-refractivity contribution in [3.05, 3.63) is 138 Å². The van der Waals surface area contributed by atoms with Crippen LogP contribution in [0.4, 0.5) is 5.69 Å². The van der Waals surface area contributed by atoms with Crippen LogP contribution in [0.5, 0.6) is 0 Å². The first kappa shape index (κ1) is 18.4. The SMILES string of the molecule is CN1C(c2ccccc2)=[N+](C)C(c2ccccc2)(c2ccccc2)c2ccccc21. The van der Waals surface area contributed by atoms with Crippen LogP contribution in [0.25, 0.3) is 0 Å². The van der Waals surface area contributed by atoms with Gasteiger partial charge in [0.1, 0.15) is 5.69 Å². The summed E-state index contributed by atoms with van der Waals surface area (Å²) in [7, 11) is 4.38. The smallest absolute Gasteiger partial charge is 0.246 e. The molecule has 30 heavy (non-hydrogen) atoms. The van der Waals surface area contributed by atoms with E-state index in [1.54, 1.807) is 0 Å². The monoisotopic (exact) mass is 389 g/mol. The zero-order valence-corrected chi connectivity index (χ0v) is 17.4. The van der Waals surface area contributed by atoms with Gasteiger partial charge in [0.05, 0.1) is 25.2 Å². The van der Waals surface area contributed by atoms with Crippen LogP contribution < -0.4 is 4.90 Å². The summed E-state index contributed by atoms with van der Waals surface area (Å²) in [4.78, 5) is 2.31. The van der Waals surface area contributed by atoms with E-state index in [2.05, 4.69) is 139 Å². The van der Waals surface area contributed by atoms with E-state index in [1.165, 1.54) is 33.8 Å². The number of anilines is 1. The number of nitrogens with zero attached hydrogens (tertiary/aromatic N) is 2. The summed E-state index contributed by atoms with van der Waals surface area (Å²) in [5.41, 5.74) is 5.79. The second-order valence-electron chi connectivity index (χ2n) is 7.77. The number of para-hydroxylation sites is 1. The van der Waals surface area contributed by atoms with Gasteiger partial charge in [-0.15, -0.1) is 0 Å². The lowest BCUT2D eigenvalue weighted by atomic mass is 9.74. The van der Waals surface area contributed by atoms with E-state index in [-0.39, 0.29) is 0 Å². The molecule has 0 atom stereocenters. The Bertz CT molecular complexity index is 1160. The first-order valence-corrected chi connectivity index (χ1v) is 10.3. The van der Waals surface area contributed by atoms with E-state index in [1.807, 2.05) is 0 Å². The summed E-state index contributed by atoms with van der Waals surface area (Å²) in [6, 6.07) is 41.1.